The highest BCUT2D eigenvalue weighted by atomic mass is 16.2. The summed E-state index contributed by atoms with van der Waals surface area (Å²) in [6, 6.07) is 7.87. The molecular weight excluding hydrogens is 242 g/mol. The van der Waals surface area contributed by atoms with Gasteiger partial charge in [0, 0.05) is 25.3 Å². The van der Waals surface area contributed by atoms with Crippen molar-refractivity contribution in [3.05, 3.63) is 29.8 Å². The van der Waals surface area contributed by atoms with Crippen molar-refractivity contribution in [2.24, 2.45) is 0 Å². The number of nitrogens with zero attached hydrogens (tertiary/aromatic N) is 1. The Morgan fingerprint density at radius 1 is 1.26 bits per heavy atom. The van der Waals surface area contributed by atoms with Crippen LogP contribution in [0.5, 0.6) is 0 Å². The van der Waals surface area contributed by atoms with Crippen LogP contribution in [0.1, 0.15) is 17.9 Å². The Bertz CT molecular complexity index is 515. The molecule has 1 saturated heterocycles. The maximum absolute atomic E-state index is 12.6. The molecule has 2 N–H and O–H groups in total. The SMILES string of the molecule is O=C1CN(C(=O)C2CNc3ccccc32)CCCN1. The van der Waals surface area contributed by atoms with Crippen molar-refractivity contribution in [3.8, 4) is 0 Å². The standard InChI is InChI=1S/C14H17N3O2/c18-13-9-17(7-3-6-15-13)14(19)11-8-16-12-5-2-1-4-10(11)12/h1-2,4-5,11,16H,3,6-9H2,(H,15,18). The molecule has 2 aliphatic heterocycles. The summed E-state index contributed by atoms with van der Waals surface area (Å²) in [5.41, 5.74) is 2.07. The highest BCUT2D eigenvalue weighted by Crippen LogP contribution is 2.32. The quantitative estimate of drug-likeness (QED) is 0.774. The lowest BCUT2D eigenvalue weighted by Crippen LogP contribution is -2.40. The van der Waals surface area contributed by atoms with Crippen LogP contribution in [0, 0.1) is 0 Å². The molecule has 1 aromatic rings. The van der Waals surface area contributed by atoms with E-state index in [0.29, 0.717) is 19.6 Å². The van der Waals surface area contributed by atoms with Crippen molar-refractivity contribution in [1.82, 2.24) is 10.2 Å². The van der Waals surface area contributed by atoms with Crippen LogP contribution < -0.4 is 10.6 Å². The number of benzene rings is 1. The molecule has 2 aliphatic rings. The molecule has 100 valence electrons. The van der Waals surface area contributed by atoms with Gasteiger partial charge in [-0.15, -0.1) is 0 Å². The fourth-order valence-electron chi connectivity index (χ4n) is 2.72. The van der Waals surface area contributed by atoms with Crippen LogP contribution >= 0.6 is 0 Å². The predicted molar refractivity (Wildman–Crippen MR) is 71.9 cm³/mol. The van der Waals surface area contributed by atoms with Crippen molar-refractivity contribution in [1.29, 1.82) is 0 Å². The Hall–Kier alpha value is -2.04. The summed E-state index contributed by atoms with van der Waals surface area (Å²) in [7, 11) is 0. The van der Waals surface area contributed by atoms with Gasteiger partial charge in [0.15, 0.2) is 0 Å². The van der Waals surface area contributed by atoms with E-state index in [0.717, 1.165) is 17.7 Å². The van der Waals surface area contributed by atoms with Gasteiger partial charge in [0.25, 0.3) is 0 Å². The number of hydrogen-bond acceptors (Lipinski definition) is 3. The molecule has 1 fully saturated rings. The second-order valence-corrected chi connectivity index (χ2v) is 4.98. The zero-order valence-corrected chi connectivity index (χ0v) is 10.7. The summed E-state index contributed by atoms with van der Waals surface area (Å²) in [5, 5.41) is 6.04. The summed E-state index contributed by atoms with van der Waals surface area (Å²) >= 11 is 0. The lowest BCUT2D eigenvalue weighted by molar-refractivity contribution is -0.136. The van der Waals surface area contributed by atoms with E-state index in [1.807, 2.05) is 24.3 Å². The fraction of sp³-hybridized carbons (Fsp3) is 0.429. The molecule has 2 heterocycles. The molecular formula is C14H17N3O2. The third-order valence-electron chi connectivity index (χ3n) is 3.70. The van der Waals surface area contributed by atoms with Crippen LogP contribution in [-0.2, 0) is 9.59 Å². The van der Waals surface area contributed by atoms with Crippen molar-refractivity contribution in [2.75, 3.05) is 31.5 Å². The number of rotatable bonds is 1. The number of nitrogens with one attached hydrogen (secondary N) is 2. The van der Waals surface area contributed by atoms with Gasteiger partial charge in [-0.3, -0.25) is 9.59 Å². The third kappa shape index (κ3) is 2.28. The highest BCUT2D eigenvalue weighted by Gasteiger charge is 2.32. The first-order valence-electron chi connectivity index (χ1n) is 6.64. The molecule has 0 bridgehead atoms. The third-order valence-corrected chi connectivity index (χ3v) is 3.70. The lowest BCUT2D eigenvalue weighted by atomic mass is 10.00. The molecule has 19 heavy (non-hydrogen) atoms. The molecule has 0 aliphatic carbocycles. The molecule has 1 aromatic carbocycles. The summed E-state index contributed by atoms with van der Waals surface area (Å²) in [4.78, 5) is 25.8. The average molecular weight is 259 g/mol. The minimum Gasteiger partial charge on any atom is -0.384 e. The van der Waals surface area contributed by atoms with Gasteiger partial charge in [0.1, 0.15) is 0 Å². The van der Waals surface area contributed by atoms with Crippen molar-refractivity contribution in [3.63, 3.8) is 0 Å². The molecule has 0 radical (unpaired) electrons. The van der Waals surface area contributed by atoms with Crippen LogP contribution in [-0.4, -0.2) is 42.9 Å². The number of amides is 2. The summed E-state index contributed by atoms with van der Waals surface area (Å²) in [6.07, 6.45) is 0.819. The number of carbonyl (C=O) groups excluding carboxylic acids is 2. The van der Waals surface area contributed by atoms with Gasteiger partial charge in [-0.1, -0.05) is 18.2 Å². The Balaban J connectivity index is 1.79. The Morgan fingerprint density at radius 2 is 2.11 bits per heavy atom. The van der Waals surface area contributed by atoms with Crippen molar-refractivity contribution in [2.45, 2.75) is 12.3 Å². The first-order valence-corrected chi connectivity index (χ1v) is 6.64. The van der Waals surface area contributed by atoms with Gasteiger partial charge >= 0.3 is 0 Å². The number of hydrogen-bond donors (Lipinski definition) is 2. The molecule has 0 aromatic heterocycles. The zero-order valence-electron chi connectivity index (χ0n) is 10.7. The number of carbonyl (C=O) groups is 2. The van der Waals surface area contributed by atoms with Crippen molar-refractivity contribution < 1.29 is 9.59 Å². The zero-order chi connectivity index (χ0) is 13.2. The van der Waals surface area contributed by atoms with Gasteiger partial charge in [-0.25, -0.2) is 0 Å². The van der Waals surface area contributed by atoms with Crippen molar-refractivity contribution >= 4 is 17.5 Å². The summed E-state index contributed by atoms with van der Waals surface area (Å²) < 4.78 is 0. The second kappa shape index (κ2) is 4.91. The minimum absolute atomic E-state index is 0.0505. The first kappa shape index (κ1) is 12.0. The summed E-state index contributed by atoms with van der Waals surface area (Å²) in [5.74, 6) is -0.179. The highest BCUT2D eigenvalue weighted by molar-refractivity contribution is 5.91. The second-order valence-electron chi connectivity index (χ2n) is 4.98. The Morgan fingerprint density at radius 3 is 3.00 bits per heavy atom. The van der Waals surface area contributed by atoms with Crippen LogP contribution in [0.25, 0.3) is 0 Å². The van der Waals surface area contributed by atoms with E-state index in [-0.39, 0.29) is 24.3 Å². The van der Waals surface area contributed by atoms with Crippen LogP contribution in [0.2, 0.25) is 0 Å². The predicted octanol–water partition coefficient (Wildman–Crippen LogP) is 0.544. The maximum Gasteiger partial charge on any atom is 0.239 e. The van der Waals surface area contributed by atoms with E-state index in [4.69, 9.17) is 0 Å². The minimum atomic E-state index is -0.165. The van der Waals surface area contributed by atoms with Gasteiger partial charge < -0.3 is 15.5 Å². The lowest BCUT2D eigenvalue weighted by Gasteiger charge is -2.22. The average Bonchev–Trinajstić information content (AvgIpc) is 2.73. The smallest absolute Gasteiger partial charge is 0.239 e. The number of anilines is 1. The van der Waals surface area contributed by atoms with Crippen LogP contribution in [0.15, 0.2) is 24.3 Å². The molecule has 5 heteroatoms. The first-order chi connectivity index (χ1) is 9.25. The van der Waals surface area contributed by atoms with Crippen LogP contribution in [0.3, 0.4) is 0 Å². The summed E-state index contributed by atoms with van der Waals surface area (Å²) in [6.45, 7) is 2.10. The van der Waals surface area contributed by atoms with Gasteiger partial charge in [0.2, 0.25) is 11.8 Å². The molecule has 2 amide bonds. The van der Waals surface area contributed by atoms with Gasteiger partial charge in [-0.2, -0.15) is 0 Å². The fourth-order valence-corrected chi connectivity index (χ4v) is 2.72. The molecule has 0 spiro atoms. The van der Waals surface area contributed by atoms with E-state index >= 15 is 0 Å². The van der Waals surface area contributed by atoms with E-state index < -0.39 is 0 Å². The molecule has 0 saturated carbocycles. The molecule has 3 rings (SSSR count). The van der Waals surface area contributed by atoms with Gasteiger partial charge in [0.05, 0.1) is 12.5 Å². The molecule has 1 atom stereocenters. The van der Waals surface area contributed by atoms with E-state index in [1.165, 1.54) is 0 Å². The molecule has 1 unspecified atom stereocenters. The van der Waals surface area contributed by atoms with E-state index in [1.54, 1.807) is 4.90 Å². The maximum atomic E-state index is 12.6. The Labute approximate surface area is 112 Å². The molecule has 5 nitrogen and oxygen atoms in total. The Kier molecular flexibility index (Phi) is 3.11. The topological polar surface area (TPSA) is 61.4 Å². The van der Waals surface area contributed by atoms with Crippen LogP contribution in [0.4, 0.5) is 5.69 Å². The largest absolute Gasteiger partial charge is 0.384 e. The number of fused-ring (bicyclic) bond motifs is 1. The normalized spacial score (nSPS) is 22.2. The number of para-hydroxylation sites is 1. The van der Waals surface area contributed by atoms with E-state index in [2.05, 4.69) is 10.6 Å². The van der Waals surface area contributed by atoms with E-state index in [9.17, 15) is 9.59 Å². The van der Waals surface area contributed by atoms with Gasteiger partial charge in [-0.05, 0) is 18.1 Å². The monoisotopic (exact) mass is 259 g/mol.